The average Bonchev–Trinajstić information content (AvgIpc) is 2.35. The molecule has 3 nitrogen and oxygen atoms in total. The normalized spacial score (nSPS) is 12.5. The molecule has 0 radical (unpaired) electrons. The molecule has 1 heterocycles. The monoisotopic (exact) mass is 187 g/mol. The Morgan fingerprint density at radius 2 is 2.64 bits per heavy atom. The fraction of sp³-hybridized carbons (Fsp3) is 0.333. The van der Waals surface area contributed by atoms with E-state index in [1.165, 1.54) is 11.3 Å². The van der Waals surface area contributed by atoms with Gasteiger partial charge in [-0.15, -0.1) is 11.3 Å². The van der Waals surface area contributed by atoms with Gasteiger partial charge in [-0.2, -0.15) is 5.26 Å². The summed E-state index contributed by atoms with van der Waals surface area (Å²) in [6, 6.07) is 1.45. The minimum atomic E-state index is -0.475. The van der Waals surface area contributed by atoms with E-state index in [1.54, 1.807) is 6.20 Å². The van der Waals surface area contributed by atoms with Crippen molar-refractivity contribution in [2.75, 3.05) is 0 Å². The molecule has 1 aromatic rings. The Morgan fingerprint density at radius 1 is 1.91 bits per heavy atom. The molecule has 0 saturated heterocycles. The van der Waals surface area contributed by atoms with Crippen molar-refractivity contribution in [2.45, 2.75) is 12.5 Å². The fourth-order valence-corrected chi connectivity index (χ4v) is 1.63. The zero-order valence-electron chi connectivity index (χ0n) is 5.62. The first-order valence-electron chi connectivity index (χ1n) is 2.98. The van der Waals surface area contributed by atoms with Crippen LogP contribution in [-0.4, -0.2) is 11.0 Å². The van der Waals surface area contributed by atoms with Gasteiger partial charge in [-0.25, -0.2) is 4.98 Å². The molecule has 0 amide bonds. The Bertz CT molecular complexity index is 278. The van der Waals surface area contributed by atoms with Crippen molar-refractivity contribution in [1.29, 1.82) is 5.26 Å². The molecule has 11 heavy (non-hydrogen) atoms. The molecule has 2 N–H and O–H groups in total. The second-order valence-corrected chi connectivity index (χ2v) is 3.74. The highest BCUT2D eigenvalue weighted by atomic mass is 35.5. The van der Waals surface area contributed by atoms with E-state index >= 15 is 0 Å². The highest BCUT2D eigenvalue weighted by molar-refractivity contribution is 7.15. The van der Waals surface area contributed by atoms with Crippen LogP contribution in [0.1, 0.15) is 5.01 Å². The van der Waals surface area contributed by atoms with Gasteiger partial charge in [-0.05, 0) is 0 Å². The van der Waals surface area contributed by atoms with Crippen LogP contribution in [0, 0.1) is 11.3 Å². The van der Waals surface area contributed by atoms with Gasteiger partial charge in [-0.3, -0.25) is 0 Å². The van der Waals surface area contributed by atoms with E-state index in [4.69, 9.17) is 22.6 Å². The molecule has 58 valence electrons. The van der Waals surface area contributed by atoms with Crippen molar-refractivity contribution in [2.24, 2.45) is 5.73 Å². The van der Waals surface area contributed by atoms with Gasteiger partial charge in [0.1, 0.15) is 4.34 Å². The van der Waals surface area contributed by atoms with E-state index in [9.17, 15) is 0 Å². The van der Waals surface area contributed by atoms with E-state index in [-0.39, 0.29) is 0 Å². The quantitative estimate of drug-likeness (QED) is 0.757. The molecule has 0 spiro atoms. The SMILES string of the molecule is N#CC(N)Cc1ncc(Cl)s1. The summed E-state index contributed by atoms with van der Waals surface area (Å²) in [6.07, 6.45) is 2.04. The first kappa shape index (κ1) is 8.47. The Hall–Kier alpha value is -0.630. The van der Waals surface area contributed by atoms with Gasteiger partial charge in [0.15, 0.2) is 0 Å². The number of rotatable bonds is 2. The van der Waals surface area contributed by atoms with E-state index in [0.717, 1.165) is 5.01 Å². The highest BCUT2D eigenvalue weighted by Gasteiger charge is 2.05. The third-order valence-electron chi connectivity index (χ3n) is 1.09. The zero-order valence-corrected chi connectivity index (χ0v) is 7.19. The Labute approximate surface area is 73.4 Å². The summed E-state index contributed by atoms with van der Waals surface area (Å²) < 4.78 is 0.630. The van der Waals surface area contributed by atoms with Gasteiger partial charge >= 0.3 is 0 Å². The van der Waals surface area contributed by atoms with Crippen molar-refractivity contribution in [3.05, 3.63) is 15.5 Å². The molecule has 1 aromatic heterocycles. The molecule has 1 atom stereocenters. The van der Waals surface area contributed by atoms with Crippen molar-refractivity contribution in [3.8, 4) is 6.07 Å². The Balaban J connectivity index is 2.59. The summed E-state index contributed by atoms with van der Waals surface area (Å²) >= 11 is 6.97. The van der Waals surface area contributed by atoms with E-state index in [2.05, 4.69) is 4.98 Å². The van der Waals surface area contributed by atoms with Gasteiger partial charge in [0.05, 0.1) is 23.3 Å². The third kappa shape index (κ3) is 2.46. The molecular weight excluding hydrogens is 182 g/mol. The topological polar surface area (TPSA) is 62.7 Å². The minimum Gasteiger partial charge on any atom is -0.316 e. The maximum atomic E-state index is 8.37. The number of hydrogen-bond donors (Lipinski definition) is 1. The molecule has 0 aliphatic heterocycles. The number of nitrogens with two attached hydrogens (primary N) is 1. The van der Waals surface area contributed by atoms with Crippen LogP contribution >= 0.6 is 22.9 Å². The summed E-state index contributed by atoms with van der Waals surface area (Å²) in [7, 11) is 0. The standard InChI is InChI=1S/C6H6ClN3S/c7-5-3-10-6(11-5)1-4(9)2-8/h3-4H,1,9H2. The summed E-state index contributed by atoms with van der Waals surface area (Å²) in [6.45, 7) is 0. The van der Waals surface area contributed by atoms with Crippen molar-refractivity contribution in [3.63, 3.8) is 0 Å². The van der Waals surface area contributed by atoms with Crippen LogP contribution in [0.15, 0.2) is 6.20 Å². The van der Waals surface area contributed by atoms with E-state index < -0.39 is 6.04 Å². The van der Waals surface area contributed by atoms with Crippen molar-refractivity contribution in [1.82, 2.24) is 4.98 Å². The molecule has 0 aliphatic carbocycles. The molecule has 0 bridgehead atoms. The predicted octanol–water partition coefficient (Wildman–Crippen LogP) is 1.19. The summed E-state index contributed by atoms with van der Waals surface area (Å²) in [5.41, 5.74) is 5.38. The minimum absolute atomic E-state index is 0.475. The molecule has 5 heteroatoms. The maximum absolute atomic E-state index is 8.37. The van der Waals surface area contributed by atoms with Gasteiger partial charge in [0, 0.05) is 6.42 Å². The summed E-state index contributed by atoms with van der Waals surface area (Å²) in [5, 5.41) is 9.18. The number of nitrogens with zero attached hydrogens (tertiary/aromatic N) is 2. The zero-order chi connectivity index (χ0) is 8.27. The first-order valence-corrected chi connectivity index (χ1v) is 4.17. The fourth-order valence-electron chi connectivity index (χ4n) is 0.616. The molecule has 0 fully saturated rings. The molecule has 1 unspecified atom stereocenters. The lowest BCUT2D eigenvalue weighted by Gasteiger charge is -1.95. The van der Waals surface area contributed by atoms with Crippen LogP contribution in [0.5, 0.6) is 0 Å². The second-order valence-electron chi connectivity index (χ2n) is 2.00. The van der Waals surface area contributed by atoms with Gasteiger partial charge in [0.2, 0.25) is 0 Å². The van der Waals surface area contributed by atoms with Crippen LogP contribution in [0.25, 0.3) is 0 Å². The van der Waals surface area contributed by atoms with E-state index in [1.807, 2.05) is 6.07 Å². The van der Waals surface area contributed by atoms with Crippen LogP contribution in [0.2, 0.25) is 4.34 Å². The number of halogens is 1. The molecule has 0 saturated carbocycles. The first-order chi connectivity index (χ1) is 5.22. The Kier molecular flexibility index (Phi) is 2.83. The predicted molar refractivity (Wildman–Crippen MR) is 44.4 cm³/mol. The number of hydrogen-bond acceptors (Lipinski definition) is 4. The number of nitriles is 1. The molecule has 0 aromatic carbocycles. The average molecular weight is 188 g/mol. The largest absolute Gasteiger partial charge is 0.316 e. The third-order valence-corrected chi connectivity index (χ3v) is 2.22. The van der Waals surface area contributed by atoms with Crippen LogP contribution in [0.4, 0.5) is 0 Å². The number of aromatic nitrogens is 1. The highest BCUT2D eigenvalue weighted by Crippen LogP contribution is 2.18. The molecule has 1 rings (SSSR count). The lowest BCUT2D eigenvalue weighted by molar-refractivity contribution is 0.816. The van der Waals surface area contributed by atoms with E-state index in [0.29, 0.717) is 10.8 Å². The van der Waals surface area contributed by atoms with Crippen LogP contribution < -0.4 is 5.73 Å². The summed E-state index contributed by atoms with van der Waals surface area (Å²) in [5.74, 6) is 0. The second kappa shape index (κ2) is 3.67. The Morgan fingerprint density at radius 3 is 3.09 bits per heavy atom. The van der Waals surface area contributed by atoms with Crippen molar-refractivity contribution >= 4 is 22.9 Å². The lowest BCUT2D eigenvalue weighted by Crippen LogP contribution is -2.19. The van der Waals surface area contributed by atoms with Gasteiger partial charge < -0.3 is 5.73 Å². The molecular formula is C6H6ClN3S. The summed E-state index contributed by atoms with van der Waals surface area (Å²) in [4.78, 5) is 3.96. The maximum Gasteiger partial charge on any atom is 0.113 e. The number of thiazole rings is 1. The molecule has 0 aliphatic rings. The lowest BCUT2D eigenvalue weighted by atomic mass is 10.2. The smallest absolute Gasteiger partial charge is 0.113 e. The van der Waals surface area contributed by atoms with Crippen LogP contribution in [0.3, 0.4) is 0 Å². The van der Waals surface area contributed by atoms with Crippen LogP contribution in [-0.2, 0) is 6.42 Å². The van der Waals surface area contributed by atoms with Crippen molar-refractivity contribution < 1.29 is 0 Å². The van der Waals surface area contributed by atoms with Gasteiger partial charge in [-0.1, -0.05) is 11.6 Å². The van der Waals surface area contributed by atoms with Gasteiger partial charge in [0.25, 0.3) is 0 Å².